The first-order chi connectivity index (χ1) is 26.4. The molecule has 0 aromatic heterocycles. The molecule has 0 amide bonds. The van der Waals surface area contributed by atoms with Crippen molar-refractivity contribution in [1.82, 2.24) is 0 Å². The predicted octanol–water partition coefficient (Wildman–Crippen LogP) is 15.1. The minimum atomic E-state index is -0.758. The normalized spacial score (nSPS) is 12.4. The van der Waals surface area contributed by atoms with Crippen LogP contribution >= 0.6 is 0 Å². The first-order valence-electron chi connectivity index (χ1n) is 23.9. The van der Waals surface area contributed by atoms with Gasteiger partial charge in [-0.25, -0.2) is 0 Å². The molecule has 0 aliphatic heterocycles. The third-order valence-corrected chi connectivity index (χ3v) is 11.2. The van der Waals surface area contributed by atoms with E-state index < -0.39 is 6.10 Å². The number of hydrogen-bond donors (Lipinski definition) is 0. The lowest BCUT2D eigenvalue weighted by atomic mass is 9.99. The molecule has 0 saturated carbocycles. The molecule has 0 aromatic rings. The molecule has 320 valence electrons. The second-order valence-corrected chi connectivity index (χ2v) is 16.6. The summed E-state index contributed by atoms with van der Waals surface area (Å²) in [6.45, 7) is 8.93. The molecular weight excluding hydrogens is 673 g/mol. The van der Waals surface area contributed by atoms with Gasteiger partial charge in [-0.1, -0.05) is 227 Å². The highest BCUT2D eigenvalue weighted by Gasteiger charge is 2.19. The second-order valence-electron chi connectivity index (χ2n) is 16.6. The summed E-state index contributed by atoms with van der Waals surface area (Å²) < 4.78 is 16.6. The zero-order valence-corrected chi connectivity index (χ0v) is 36.7. The lowest BCUT2D eigenvalue weighted by Crippen LogP contribution is -2.30. The van der Waals surface area contributed by atoms with E-state index >= 15 is 0 Å². The van der Waals surface area contributed by atoms with E-state index in [2.05, 4.69) is 27.7 Å². The number of esters is 3. The van der Waals surface area contributed by atoms with Gasteiger partial charge >= 0.3 is 17.9 Å². The average molecular weight is 765 g/mol. The van der Waals surface area contributed by atoms with Crippen molar-refractivity contribution < 1.29 is 28.6 Å². The monoisotopic (exact) mass is 765 g/mol. The van der Waals surface area contributed by atoms with Crippen LogP contribution in [0.3, 0.4) is 0 Å². The minimum Gasteiger partial charge on any atom is -0.462 e. The topological polar surface area (TPSA) is 78.9 Å². The van der Waals surface area contributed by atoms with Gasteiger partial charge in [-0.05, 0) is 25.2 Å². The van der Waals surface area contributed by atoms with Gasteiger partial charge in [0.05, 0.1) is 0 Å². The van der Waals surface area contributed by atoms with Crippen molar-refractivity contribution in [2.75, 3.05) is 13.2 Å². The van der Waals surface area contributed by atoms with Crippen molar-refractivity contribution in [2.45, 2.75) is 271 Å². The molecule has 0 aromatic carbocycles. The van der Waals surface area contributed by atoms with E-state index in [9.17, 15) is 14.4 Å². The van der Waals surface area contributed by atoms with Crippen LogP contribution < -0.4 is 0 Å². The summed E-state index contributed by atoms with van der Waals surface area (Å²) in [4.78, 5) is 37.5. The van der Waals surface area contributed by atoms with Crippen molar-refractivity contribution in [1.29, 1.82) is 0 Å². The maximum absolute atomic E-state index is 12.7. The Morgan fingerprint density at radius 2 is 0.648 bits per heavy atom. The number of carbonyl (C=O) groups is 3. The van der Waals surface area contributed by atoms with Crippen LogP contribution in [-0.2, 0) is 28.6 Å². The van der Waals surface area contributed by atoms with Crippen molar-refractivity contribution in [3.05, 3.63) is 0 Å². The molecule has 0 spiro atoms. The summed E-state index contributed by atoms with van der Waals surface area (Å²) in [5.74, 6) is -0.0227. The first kappa shape index (κ1) is 52.4. The van der Waals surface area contributed by atoms with Gasteiger partial charge in [0.15, 0.2) is 6.10 Å². The van der Waals surface area contributed by atoms with E-state index in [0.717, 1.165) is 70.1 Å². The summed E-state index contributed by atoms with van der Waals surface area (Å²) in [7, 11) is 0. The van der Waals surface area contributed by atoms with Crippen molar-refractivity contribution in [3.63, 3.8) is 0 Å². The van der Waals surface area contributed by atoms with E-state index in [4.69, 9.17) is 14.2 Å². The fourth-order valence-electron chi connectivity index (χ4n) is 7.12. The van der Waals surface area contributed by atoms with Gasteiger partial charge in [-0.15, -0.1) is 0 Å². The zero-order chi connectivity index (χ0) is 39.6. The highest BCUT2D eigenvalue weighted by molar-refractivity contribution is 5.71. The molecule has 6 heteroatoms. The largest absolute Gasteiger partial charge is 0.462 e. The van der Waals surface area contributed by atoms with Crippen LogP contribution in [0.1, 0.15) is 265 Å². The Bertz CT molecular complexity index is 813. The van der Waals surface area contributed by atoms with Crippen molar-refractivity contribution >= 4 is 17.9 Å². The number of hydrogen-bond acceptors (Lipinski definition) is 6. The van der Waals surface area contributed by atoms with Gasteiger partial charge in [0, 0.05) is 19.3 Å². The minimum absolute atomic E-state index is 0.0650. The summed E-state index contributed by atoms with van der Waals surface area (Å²) in [5.41, 5.74) is 0. The molecule has 1 unspecified atom stereocenters. The second kappa shape index (κ2) is 42.6. The number of unbranched alkanes of at least 4 members (excludes halogenated alkanes) is 29. The molecular formula is C48H92O6. The maximum Gasteiger partial charge on any atom is 0.306 e. The van der Waals surface area contributed by atoms with Crippen LogP contribution in [0.15, 0.2) is 0 Å². The summed E-state index contributed by atoms with van der Waals surface area (Å²) in [6, 6.07) is 0. The fraction of sp³-hybridized carbons (Fsp3) is 0.938. The van der Waals surface area contributed by atoms with Crippen LogP contribution in [0.25, 0.3) is 0 Å². The van der Waals surface area contributed by atoms with E-state index in [1.165, 1.54) is 154 Å². The zero-order valence-electron chi connectivity index (χ0n) is 36.7. The molecule has 0 N–H and O–H groups in total. The highest BCUT2D eigenvalue weighted by atomic mass is 16.6. The fourth-order valence-corrected chi connectivity index (χ4v) is 7.12. The summed E-state index contributed by atoms with van der Waals surface area (Å²) in [5, 5.41) is 0. The molecule has 6 nitrogen and oxygen atoms in total. The maximum atomic E-state index is 12.7. The number of carbonyl (C=O) groups excluding carboxylic acids is 3. The van der Waals surface area contributed by atoms with E-state index in [-0.39, 0.29) is 31.1 Å². The van der Waals surface area contributed by atoms with Crippen LogP contribution in [0, 0.1) is 5.92 Å². The highest BCUT2D eigenvalue weighted by Crippen LogP contribution is 2.17. The van der Waals surface area contributed by atoms with Crippen LogP contribution in [-0.4, -0.2) is 37.2 Å². The molecule has 0 fully saturated rings. The van der Waals surface area contributed by atoms with E-state index in [0.29, 0.717) is 19.3 Å². The molecule has 0 heterocycles. The summed E-state index contributed by atoms with van der Waals surface area (Å²) in [6.07, 6.45) is 42.6. The average Bonchev–Trinajstić information content (AvgIpc) is 3.17. The molecule has 0 aliphatic carbocycles. The van der Waals surface area contributed by atoms with Gasteiger partial charge in [-0.3, -0.25) is 14.4 Å². The quantitative estimate of drug-likeness (QED) is 0.0349. The number of ether oxygens (including phenoxy) is 3. The lowest BCUT2D eigenvalue weighted by molar-refractivity contribution is -0.167. The molecule has 0 aliphatic rings. The Morgan fingerprint density at radius 3 is 0.963 bits per heavy atom. The third kappa shape index (κ3) is 40.1. The third-order valence-electron chi connectivity index (χ3n) is 11.2. The van der Waals surface area contributed by atoms with Gasteiger partial charge in [0.2, 0.25) is 0 Å². The lowest BCUT2D eigenvalue weighted by Gasteiger charge is -2.18. The molecule has 54 heavy (non-hydrogen) atoms. The Morgan fingerprint density at radius 1 is 0.370 bits per heavy atom. The van der Waals surface area contributed by atoms with Gasteiger partial charge in [0.25, 0.3) is 0 Å². The molecule has 0 bridgehead atoms. The Hall–Kier alpha value is -1.59. The summed E-state index contributed by atoms with van der Waals surface area (Å²) >= 11 is 0. The standard InChI is InChI=1S/C48H92O6/c1-5-8-10-12-13-14-15-16-17-18-19-20-21-22-23-24-28-32-36-40-47(50)53-43-45(42-52-46(49)39-35-30-11-9-6-2)54-48(51)41-37-33-29-26-25-27-31-34-38-44(4)7-3/h44-45H,5-43H2,1-4H3/t44?,45-/m1/s1. The smallest absolute Gasteiger partial charge is 0.306 e. The van der Waals surface area contributed by atoms with Crippen molar-refractivity contribution in [2.24, 2.45) is 5.92 Å². The Balaban J connectivity index is 4.11. The van der Waals surface area contributed by atoms with Gasteiger partial charge < -0.3 is 14.2 Å². The SMILES string of the molecule is CCCCCCCCCCCCCCCCCCCCCC(=O)OC[C@@H](COC(=O)CCCCCCC)OC(=O)CCCCCCCCCCC(C)CC. The van der Waals surface area contributed by atoms with E-state index in [1.54, 1.807) is 0 Å². The van der Waals surface area contributed by atoms with Crippen LogP contribution in [0.2, 0.25) is 0 Å². The molecule has 0 saturated heterocycles. The van der Waals surface area contributed by atoms with Gasteiger partial charge in [0.1, 0.15) is 13.2 Å². The number of rotatable bonds is 43. The van der Waals surface area contributed by atoms with E-state index in [1.807, 2.05) is 0 Å². The first-order valence-corrected chi connectivity index (χ1v) is 23.9. The van der Waals surface area contributed by atoms with Crippen LogP contribution in [0.5, 0.6) is 0 Å². The molecule has 2 atom stereocenters. The van der Waals surface area contributed by atoms with Gasteiger partial charge in [-0.2, -0.15) is 0 Å². The Labute approximate surface area is 336 Å². The molecule has 0 radical (unpaired) electrons. The van der Waals surface area contributed by atoms with Crippen LogP contribution in [0.4, 0.5) is 0 Å². The molecule has 0 rings (SSSR count). The predicted molar refractivity (Wildman–Crippen MR) is 229 cm³/mol. The van der Waals surface area contributed by atoms with Crippen molar-refractivity contribution in [3.8, 4) is 0 Å². The Kier molecular flexibility index (Phi) is 41.3.